The van der Waals surface area contributed by atoms with Gasteiger partial charge in [-0.3, -0.25) is 9.59 Å². The summed E-state index contributed by atoms with van der Waals surface area (Å²) < 4.78 is 0. The Hall–Kier alpha value is -4.12. The lowest BCUT2D eigenvalue weighted by molar-refractivity contribution is -0.139. The molecule has 0 saturated carbocycles. The Bertz CT molecular complexity index is 1350. The first kappa shape index (κ1) is 26.0. The monoisotopic (exact) mass is 493 g/mol. The van der Waals surface area contributed by atoms with Gasteiger partial charge < -0.3 is 14.8 Å². The summed E-state index contributed by atoms with van der Waals surface area (Å²) in [5, 5.41) is 1.18. The molecule has 37 heavy (non-hydrogen) atoms. The highest BCUT2D eigenvalue weighted by Crippen LogP contribution is 2.19. The van der Waals surface area contributed by atoms with E-state index in [1.807, 2.05) is 67.4 Å². The molecule has 1 aromatic heterocycles. The van der Waals surface area contributed by atoms with Crippen LogP contribution in [0.1, 0.15) is 36.1 Å². The summed E-state index contributed by atoms with van der Waals surface area (Å²) in [5.74, 6) is -0.227. The molecule has 2 amide bonds. The third-order valence-electron chi connectivity index (χ3n) is 6.60. The second kappa shape index (κ2) is 12.2. The first-order valence-electron chi connectivity index (χ1n) is 12.8. The van der Waals surface area contributed by atoms with E-state index in [1.165, 1.54) is 16.5 Å². The highest BCUT2D eigenvalue weighted by atomic mass is 16.2. The predicted octanol–water partition coefficient (Wildman–Crippen LogP) is 6.00. The molecule has 0 bridgehead atoms. The number of H-pyrrole nitrogens is 1. The summed E-state index contributed by atoms with van der Waals surface area (Å²) in [6.45, 7) is 7.04. The molecular weight excluding hydrogens is 458 g/mol. The second-order valence-electron chi connectivity index (χ2n) is 9.71. The Morgan fingerprint density at radius 2 is 1.62 bits per heavy atom. The SMILES string of the molecule is Cc1ccc(CN(CCc2c[nH]c3ccccc23)C(=O)CN(C(=O)/C=C/c2ccccc2)C(C)C)cc1. The van der Waals surface area contributed by atoms with Gasteiger partial charge in [-0.15, -0.1) is 0 Å². The Balaban J connectivity index is 1.50. The van der Waals surface area contributed by atoms with Crippen LogP contribution in [0.5, 0.6) is 0 Å². The summed E-state index contributed by atoms with van der Waals surface area (Å²) in [6, 6.07) is 26.1. The van der Waals surface area contributed by atoms with Crippen molar-refractivity contribution in [3.63, 3.8) is 0 Å². The van der Waals surface area contributed by atoms with Crippen LogP contribution < -0.4 is 0 Å². The molecule has 0 aliphatic rings. The number of fused-ring (bicyclic) bond motifs is 1. The molecule has 0 radical (unpaired) electrons. The first-order chi connectivity index (χ1) is 17.9. The van der Waals surface area contributed by atoms with Crippen molar-refractivity contribution in [3.05, 3.63) is 113 Å². The van der Waals surface area contributed by atoms with Crippen LogP contribution in [0.2, 0.25) is 0 Å². The van der Waals surface area contributed by atoms with Gasteiger partial charge in [0.05, 0.1) is 0 Å². The maximum absolute atomic E-state index is 13.6. The normalized spacial score (nSPS) is 11.4. The summed E-state index contributed by atoms with van der Waals surface area (Å²) in [7, 11) is 0. The Kier molecular flexibility index (Phi) is 8.57. The standard InChI is InChI=1S/C32H35N3O2/c1-24(2)35(31(36)18-17-26-9-5-4-6-10-26)23-32(37)34(22-27-15-13-25(3)14-16-27)20-19-28-21-33-30-12-8-7-11-29(28)30/h4-18,21,24,33H,19-20,22-23H2,1-3H3/b18-17+. The maximum atomic E-state index is 13.6. The molecule has 0 aliphatic carbocycles. The summed E-state index contributed by atoms with van der Waals surface area (Å²) >= 11 is 0. The zero-order valence-corrected chi connectivity index (χ0v) is 21.9. The largest absolute Gasteiger partial charge is 0.361 e. The minimum Gasteiger partial charge on any atom is -0.361 e. The lowest BCUT2D eigenvalue weighted by atomic mass is 10.1. The van der Waals surface area contributed by atoms with E-state index in [1.54, 1.807) is 17.1 Å². The molecule has 190 valence electrons. The van der Waals surface area contributed by atoms with Crippen LogP contribution in [0.15, 0.2) is 91.1 Å². The molecule has 0 fully saturated rings. The Labute approximate surface area is 219 Å². The Morgan fingerprint density at radius 1 is 0.919 bits per heavy atom. The molecule has 4 rings (SSSR count). The number of amides is 2. The van der Waals surface area contributed by atoms with E-state index < -0.39 is 0 Å². The summed E-state index contributed by atoms with van der Waals surface area (Å²) in [4.78, 5) is 33.5. The van der Waals surface area contributed by atoms with Gasteiger partial charge in [0.1, 0.15) is 6.54 Å². The predicted molar refractivity (Wildman–Crippen MR) is 151 cm³/mol. The van der Waals surface area contributed by atoms with Gasteiger partial charge >= 0.3 is 0 Å². The van der Waals surface area contributed by atoms with E-state index in [0.29, 0.717) is 13.1 Å². The molecule has 5 heteroatoms. The molecule has 0 saturated heterocycles. The van der Waals surface area contributed by atoms with Gasteiger partial charge in [0.2, 0.25) is 11.8 Å². The quantitative estimate of drug-likeness (QED) is 0.276. The lowest BCUT2D eigenvalue weighted by Gasteiger charge is -2.29. The lowest BCUT2D eigenvalue weighted by Crippen LogP contribution is -2.45. The summed E-state index contributed by atoms with van der Waals surface area (Å²) in [5.41, 5.74) is 5.48. The number of para-hydroxylation sites is 1. The van der Waals surface area contributed by atoms with Crippen LogP contribution in [0.3, 0.4) is 0 Å². The molecule has 0 atom stereocenters. The van der Waals surface area contributed by atoms with Gasteiger partial charge in [0.25, 0.3) is 0 Å². The zero-order chi connectivity index (χ0) is 26.2. The molecular formula is C32H35N3O2. The average Bonchev–Trinajstić information content (AvgIpc) is 3.32. The minimum atomic E-state index is -0.167. The van der Waals surface area contributed by atoms with Crippen LogP contribution in [0.25, 0.3) is 17.0 Å². The van der Waals surface area contributed by atoms with Gasteiger partial charge in [-0.1, -0.05) is 78.4 Å². The van der Waals surface area contributed by atoms with E-state index in [2.05, 4.69) is 48.3 Å². The van der Waals surface area contributed by atoms with Crippen LogP contribution in [0, 0.1) is 6.92 Å². The van der Waals surface area contributed by atoms with Crippen LogP contribution in [-0.4, -0.2) is 45.7 Å². The number of aromatic amines is 1. The number of benzene rings is 3. The summed E-state index contributed by atoms with van der Waals surface area (Å²) in [6.07, 6.45) is 6.10. The van der Waals surface area contributed by atoms with Crippen molar-refractivity contribution in [2.75, 3.05) is 13.1 Å². The topological polar surface area (TPSA) is 56.4 Å². The van der Waals surface area contributed by atoms with E-state index in [-0.39, 0.29) is 24.4 Å². The van der Waals surface area contributed by atoms with E-state index in [9.17, 15) is 9.59 Å². The number of carbonyl (C=O) groups is 2. The van der Waals surface area contributed by atoms with Crippen molar-refractivity contribution in [1.29, 1.82) is 0 Å². The highest BCUT2D eigenvalue weighted by molar-refractivity contribution is 5.94. The molecule has 4 aromatic rings. The molecule has 0 spiro atoms. The zero-order valence-electron chi connectivity index (χ0n) is 21.9. The third-order valence-corrected chi connectivity index (χ3v) is 6.60. The third kappa shape index (κ3) is 6.98. The van der Waals surface area contributed by atoms with Crippen molar-refractivity contribution >= 4 is 28.8 Å². The van der Waals surface area contributed by atoms with Gasteiger partial charge in [-0.2, -0.15) is 0 Å². The number of nitrogens with one attached hydrogen (secondary N) is 1. The van der Waals surface area contributed by atoms with Crippen molar-refractivity contribution in [3.8, 4) is 0 Å². The van der Waals surface area contributed by atoms with E-state index in [4.69, 9.17) is 0 Å². The number of aromatic nitrogens is 1. The van der Waals surface area contributed by atoms with Gasteiger partial charge in [0, 0.05) is 42.3 Å². The first-order valence-corrected chi connectivity index (χ1v) is 12.8. The number of rotatable bonds is 10. The van der Waals surface area contributed by atoms with Crippen molar-refractivity contribution in [2.24, 2.45) is 0 Å². The fourth-order valence-electron chi connectivity index (χ4n) is 4.39. The minimum absolute atomic E-state index is 0.0371. The molecule has 0 aliphatic heterocycles. The van der Waals surface area contributed by atoms with Crippen molar-refractivity contribution in [2.45, 2.75) is 39.8 Å². The van der Waals surface area contributed by atoms with Gasteiger partial charge in [-0.05, 0) is 56.0 Å². The average molecular weight is 494 g/mol. The van der Waals surface area contributed by atoms with Crippen LogP contribution in [0.4, 0.5) is 0 Å². The number of carbonyl (C=O) groups excluding carboxylic acids is 2. The Morgan fingerprint density at radius 3 is 2.35 bits per heavy atom. The smallest absolute Gasteiger partial charge is 0.247 e. The number of nitrogens with zero attached hydrogens (tertiary/aromatic N) is 2. The molecule has 1 N–H and O–H groups in total. The van der Waals surface area contributed by atoms with Crippen LogP contribution >= 0.6 is 0 Å². The fourth-order valence-corrected chi connectivity index (χ4v) is 4.39. The van der Waals surface area contributed by atoms with Gasteiger partial charge in [-0.25, -0.2) is 0 Å². The van der Waals surface area contributed by atoms with Crippen molar-refractivity contribution in [1.82, 2.24) is 14.8 Å². The molecule has 3 aromatic carbocycles. The molecule has 0 unspecified atom stereocenters. The number of hydrogen-bond donors (Lipinski definition) is 1. The molecule has 5 nitrogen and oxygen atoms in total. The van der Waals surface area contributed by atoms with Gasteiger partial charge in [0.15, 0.2) is 0 Å². The van der Waals surface area contributed by atoms with Crippen molar-refractivity contribution < 1.29 is 9.59 Å². The maximum Gasteiger partial charge on any atom is 0.247 e. The van der Waals surface area contributed by atoms with Crippen LogP contribution in [-0.2, 0) is 22.6 Å². The fraction of sp³-hybridized carbons (Fsp3) is 0.250. The molecule has 1 heterocycles. The highest BCUT2D eigenvalue weighted by Gasteiger charge is 2.23. The van der Waals surface area contributed by atoms with E-state index >= 15 is 0 Å². The number of hydrogen-bond acceptors (Lipinski definition) is 2. The number of aryl methyl sites for hydroxylation is 1. The van der Waals surface area contributed by atoms with E-state index in [0.717, 1.165) is 23.1 Å². The second-order valence-corrected chi connectivity index (χ2v) is 9.71.